The van der Waals surface area contributed by atoms with Crippen LogP contribution in [-0.4, -0.2) is 43.3 Å². The van der Waals surface area contributed by atoms with Crippen molar-refractivity contribution in [2.75, 3.05) is 13.7 Å². The molecule has 1 rings (SSSR count). The minimum absolute atomic E-state index is 0.0170. The van der Waals surface area contributed by atoms with Crippen molar-refractivity contribution in [3.8, 4) is 0 Å². The number of methoxy groups -OCH3 is 1. The van der Waals surface area contributed by atoms with Gasteiger partial charge in [0.2, 0.25) is 5.91 Å². The fraction of sp³-hybridized carbons (Fsp3) is 0.812. The zero-order valence-electron chi connectivity index (χ0n) is 14.4. The molecule has 0 aromatic carbocycles. The maximum Gasteiger partial charge on any atom is 0.408 e. The van der Waals surface area contributed by atoms with Gasteiger partial charge in [-0.1, -0.05) is 6.42 Å². The number of nitrogens with one attached hydrogen (secondary N) is 2. The van der Waals surface area contributed by atoms with Crippen molar-refractivity contribution in [1.82, 2.24) is 10.6 Å². The van der Waals surface area contributed by atoms with Gasteiger partial charge in [0, 0.05) is 12.5 Å². The number of hydrogen-bond donors (Lipinski definition) is 2. The molecule has 1 heterocycles. The minimum Gasteiger partial charge on any atom is -0.467 e. The Hall–Kier alpha value is -1.79. The number of hydrogen-bond acceptors (Lipinski definition) is 5. The molecular formula is C16H28N2O5. The van der Waals surface area contributed by atoms with Gasteiger partial charge in [-0.15, -0.1) is 0 Å². The molecule has 0 saturated carbocycles. The van der Waals surface area contributed by atoms with Crippen molar-refractivity contribution in [3.05, 3.63) is 0 Å². The van der Waals surface area contributed by atoms with E-state index in [1.807, 2.05) is 0 Å². The van der Waals surface area contributed by atoms with Crippen LogP contribution in [0.3, 0.4) is 0 Å². The first-order valence-electron chi connectivity index (χ1n) is 8.08. The standard InChI is InChI=1S/C16H28N2O5/c1-16(2,3)23-15(21)18-12(14(20)22-4)9-8-11-7-5-6-10-17-13(11)19/h11-12H,5-10H2,1-4H3,(H,17,19)(H,18,21)/t11-,12-/m0/s1. The Kier molecular flexibility index (Phi) is 7.32. The molecule has 1 aliphatic heterocycles. The number of ether oxygens (including phenoxy) is 2. The summed E-state index contributed by atoms with van der Waals surface area (Å²) in [6.45, 7) is 5.94. The Bertz CT molecular complexity index is 431. The Morgan fingerprint density at radius 2 is 2.04 bits per heavy atom. The summed E-state index contributed by atoms with van der Waals surface area (Å²) in [6, 6.07) is -0.814. The van der Waals surface area contributed by atoms with E-state index in [9.17, 15) is 14.4 Å². The van der Waals surface area contributed by atoms with Gasteiger partial charge in [0.05, 0.1) is 7.11 Å². The van der Waals surface area contributed by atoms with Crippen LogP contribution >= 0.6 is 0 Å². The molecule has 0 radical (unpaired) electrons. The van der Waals surface area contributed by atoms with E-state index in [-0.39, 0.29) is 11.8 Å². The van der Waals surface area contributed by atoms with Crippen molar-refractivity contribution in [2.24, 2.45) is 5.92 Å². The molecular weight excluding hydrogens is 300 g/mol. The fourth-order valence-corrected chi connectivity index (χ4v) is 2.49. The fourth-order valence-electron chi connectivity index (χ4n) is 2.49. The minimum atomic E-state index is -0.814. The number of alkyl carbamates (subject to hydrolysis) is 1. The quantitative estimate of drug-likeness (QED) is 0.750. The average molecular weight is 328 g/mol. The van der Waals surface area contributed by atoms with Crippen LogP contribution in [-0.2, 0) is 19.1 Å². The van der Waals surface area contributed by atoms with E-state index in [2.05, 4.69) is 10.6 Å². The van der Waals surface area contributed by atoms with Crippen LogP contribution in [0.4, 0.5) is 4.79 Å². The third kappa shape index (κ3) is 7.34. The Labute approximate surface area is 137 Å². The lowest BCUT2D eigenvalue weighted by Gasteiger charge is -2.23. The first-order chi connectivity index (χ1) is 10.7. The van der Waals surface area contributed by atoms with Crippen LogP contribution in [0, 0.1) is 5.92 Å². The second-order valence-corrected chi connectivity index (χ2v) is 6.78. The van der Waals surface area contributed by atoms with Gasteiger partial charge in [-0.3, -0.25) is 4.79 Å². The van der Waals surface area contributed by atoms with Gasteiger partial charge in [0.1, 0.15) is 11.6 Å². The average Bonchev–Trinajstić information content (AvgIpc) is 2.65. The van der Waals surface area contributed by atoms with Gasteiger partial charge in [0.25, 0.3) is 0 Å². The molecule has 1 fully saturated rings. The summed E-state index contributed by atoms with van der Waals surface area (Å²) in [5.74, 6) is -0.654. The van der Waals surface area contributed by atoms with Gasteiger partial charge in [-0.05, 0) is 46.5 Å². The number of amides is 2. The van der Waals surface area contributed by atoms with E-state index in [4.69, 9.17) is 9.47 Å². The number of carbonyl (C=O) groups excluding carboxylic acids is 3. The van der Waals surface area contributed by atoms with Gasteiger partial charge < -0.3 is 20.1 Å². The zero-order valence-corrected chi connectivity index (χ0v) is 14.4. The molecule has 7 nitrogen and oxygen atoms in total. The molecule has 0 unspecified atom stereocenters. The monoisotopic (exact) mass is 328 g/mol. The van der Waals surface area contributed by atoms with Gasteiger partial charge in [0.15, 0.2) is 0 Å². The second kappa shape index (κ2) is 8.74. The molecule has 23 heavy (non-hydrogen) atoms. The Morgan fingerprint density at radius 1 is 1.35 bits per heavy atom. The highest BCUT2D eigenvalue weighted by Gasteiger charge is 2.28. The molecule has 2 amide bonds. The maximum absolute atomic E-state index is 11.9. The summed E-state index contributed by atoms with van der Waals surface area (Å²) in [7, 11) is 1.27. The third-order valence-electron chi connectivity index (χ3n) is 3.63. The second-order valence-electron chi connectivity index (χ2n) is 6.78. The Morgan fingerprint density at radius 3 is 2.65 bits per heavy atom. The molecule has 2 atom stereocenters. The molecule has 0 spiro atoms. The molecule has 2 N–H and O–H groups in total. The van der Waals surface area contributed by atoms with Crippen molar-refractivity contribution in [1.29, 1.82) is 0 Å². The Balaban J connectivity index is 2.58. The lowest BCUT2D eigenvalue weighted by atomic mass is 9.95. The molecule has 7 heteroatoms. The van der Waals surface area contributed by atoms with E-state index >= 15 is 0 Å². The number of rotatable bonds is 5. The van der Waals surface area contributed by atoms with Gasteiger partial charge >= 0.3 is 12.1 Å². The summed E-state index contributed by atoms with van der Waals surface area (Å²) in [5.41, 5.74) is -0.647. The van der Waals surface area contributed by atoms with Crippen molar-refractivity contribution in [2.45, 2.75) is 64.5 Å². The highest BCUT2D eigenvalue weighted by Crippen LogP contribution is 2.19. The molecule has 1 saturated heterocycles. The van der Waals surface area contributed by atoms with Crippen LogP contribution in [0.25, 0.3) is 0 Å². The lowest BCUT2D eigenvalue weighted by Crippen LogP contribution is -2.44. The van der Waals surface area contributed by atoms with Crippen LogP contribution in [0.15, 0.2) is 0 Å². The van der Waals surface area contributed by atoms with E-state index < -0.39 is 23.7 Å². The zero-order chi connectivity index (χ0) is 17.5. The third-order valence-corrected chi connectivity index (χ3v) is 3.63. The SMILES string of the molecule is COC(=O)[C@H](CC[C@@H]1CCCCNC1=O)NC(=O)OC(C)(C)C. The highest BCUT2D eigenvalue weighted by molar-refractivity contribution is 5.82. The van der Waals surface area contributed by atoms with Crippen LogP contribution in [0.2, 0.25) is 0 Å². The molecule has 132 valence electrons. The van der Waals surface area contributed by atoms with E-state index in [0.29, 0.717) is 19.4 Å². The largest absolute Gasteiger partial charge is 0.467 e. The first-order valence-corrected chi connectivity index (χ1v) is 8.08. The lowest BCUT2D eigenvalue weighted by molar-refractivity contribution is -0.143. The number of esters is 1. The van der Waals surface area contributed by atoms with Gasteiger partial charge in [-0.2, -0.15) is 0 Å². The smallest absolute Gasteiger partial charge is 0.408 e. The van der Waals surface area contributed by atoms with Crippen LogP contribution in [0.1, 0.15) is 52.9 Å². The summed E-state index contributed by atoms with van der Waals surface area (Å²) in [6.07, 6.45) is 2.93. The molecule has 0 aliphatic carbocycles. The molecule has 0 aromatic rings. The van der Waals surface area contributed by atoms with Crippen molar-refractivity contribution in [3.63, 3.8) is 0 Å². The molecule has 0 aromatic heterocycles. The number of carbonyl (C=O) groups is 3. The normalized spacial score (nSPS) is 20.0. The maximum atomic E-state index is 11.9. The summed E-state index contributed by atoms with van der Waals surface area (Å²) < 4.78 is 9.88. The van der Waals surface area contributed by atoms with E-state index in [1.165, 1.54) is 7.11 Å². The van der Waals surface area contributed by atoms with E-state index in [1.54, 1.807) is 20.8 Å². The summed E-state index contributed by atoms with van der Waals surface area (Å²) >= 11 is 0. The van der Waals surface area contributed by atoms with E-state index in [0.717, 1.165) is 19.3 Å². The predicted octanol–water partition coefficient (Wildman–Crippen LogP) is 1.75. The van der Waals surface area contributed by atoms with Crippen molar-refractivity contribution >= 4 is 18.0 Å². The predicted molar refractivity (Wildman–Crippen MR) is 84.8 cm³/mol. The topological polar surface area (TPSA) is 93.7 Å². The van der Waals surface area contributed by atoms with Crippen molar-refractivity contribution < 1.29 is 23.9 Å². The van der Waals surface area contributed by atoms with Gasteiger partial charge in [-0.25, -0.2) is 9.59 Å². The highest BCUT2D eigenvalue weighted by atomic mass is 16.6. The molecule has 0 bridgehead atoms. The van der Waals surface area contributed by atoms with Crippen LogP contribution in [0.5, 0.6) is 0 Å². The first kappa shape index (κ1) is 19.3. The molecule has 1 aliphatic rings. The summed E-state index contributed by atoms with van der Waals surface area (Å²) in [5, 5.41) is 5.39. The van der Waals surface area contributed by atoms with Crippen LogP contribution < -0.4 is 10.6 Å². The summed E-state index contributed by atoms with van der Waals surface area (Å²) in [4.78, 5) is 35.6.